The van der Waals surface area contributed by atoms with Crippen molar-refractivity contribution < 1.29 is 0 Å². The fraction of sp³-hybridized carbons (Fsp3) is 0.333. The van der Waals surface area contributed by atoms with Crippen LogP contribution in [0.5, 0.6) is 0 Å². The van der Waals surface area contributed by atoms with Gasteiger partial charge in [0.05, 0.1) is 0 Å². The summed E-state index contributed by atoms with van der Waals surface area (Å²) in [6.45, 7) is 4.37. The molecule has 0 aliphatic heterocycles. The van der Waals surface area contributed by atoms with E-state index in [0.717, 1.165) is 0 Å². The predicted molar refractivity (Wildman–Crippen MR) is 63.0 cm³/mol. The maximum absolute atomic E-state index is 3.20. The Morgan fingerprint density at radius 1 is 1.42 bits per heavy atom. The molecule has 0 heterocycles. The molecule has 0 aliphatic carbocycles. The van der Waals surface area contributed by atoms with E-state index < -0.39 is 0 Å². The van der Waals surface area contributed by atoms with Crippen LogP contribution in [0.25, 0.3) is 0 Å². The zero-order valence-corrected chi connectivity index (χ0v) is 11.9. The Labute approximate surface area is 96.6 Å². The molecule has 63 valence electrons. The lowest BCUT2D eigenvalue weighted by Gasteiger charge is -2.01. The predicted octanol–water partition coefficient (Wildman–Crippen LogP) is 3.92. The topological polar surface area (TPSA) is 0 Å². The van der Waals surface area contributed by atoms with E-state index in [0.29, 0.717) is 5.92 Å². The summed E-state index contributed by atoms with van der Waals surface area (Å²) < 4.78 is 0. The molecule has 0 saturated carbocycles. The largest absolute Gasteiger partial charge is 0.560 e. The molecule has 0 nitrogen and oxygen atoms in total. The molecule has 12 heavy (non-hydrogen) atoms. The van der Waals surface area contributed by atoms with Crippen molar-refractivity contribution >= 4 is 41.8 Å². The summed E-state index contributed by atoms with van der Waals surface area (Å²) in [6, 6.07) is 11.1. The SMILES string of the molecule is CC(C)c1c[c]ccc1.[Br][Mg][Br]. The average Bonchev–Trinajstić information content (AvgIpc) is 2.07. The minimum atomic E-state index is 0.0417. The quantitative estimate of drug-likeness (QED) is 0.690. The van der Waals surface area contributed by atoms with Gasteiger partial charge in [-0.3, -0.25) is 25.8 Å². The van der Waals surface area contributed by atoms with Crippen LogP contribution in [0.15, 0.2) is 24.3 Å². The van der Waals surface area contributed by atoms with Crippen molar-refractivity contribution in [2.24, 2.45) is 0 Å². The molecule has 0 aliphatic rings. The van der Waals surface area contributed by atoms with Gasteiger partial charge < -0.3 is 0 Å². The first-order chi connectivity index (χ1) is 5.72. The lowest BCUT2D eigenvalue weighted by Crippen LogP contribution is -1.83. The summed E-state index contributed by atoms with van der Waals surface area (Å²) in [7, 11) is 0. The molecule has 0 amide bonds. The molecule has 1 rings (SSSR count). The minimum Gasteiger partial charge on any atom is -0.280 e. The van der Waals surface area contributed by atoms with Gasteiger partial charge in [-0.25, -0.2) is 0 Å². The summed E-state index contributed by atoms with van der Waals surface area (Å²) in [5, 5.41) is 0. The first-order valence-electron chi connectivity index (χ1n) is 3.80. The zero-order valence-electron chi connectivity index (χ0n) is 7.35. The molecule has 0 aromatic heterocycles. The summed E-state index contributed by atoms with van der Waals surface area (Å²) >= 11 is 6.44. The summed E-state index contributed by atoms with van der Waals surface area (Å²) in [5.74, 6) is 0.627. The smallest absolute Gasteiger partial charge is 0.280 e. The highest BCUT2D eigenvalue weighted by Crippen LogP contribution is 2.11. The highest BCUT2D eigenvalue weighted by molar-refractivity contribution is 9.47. The van der Waals surface area contributed by atoms with Gasteiger partial charge in [-0.05, 0) is 17.5 Å². The van der Waals surface area contributed by atoms with Crippen LogP contribution in [0.3, 0.4) is 0 Å². The monoisotopic (exact) mass is 301 g/mol. The molecule has 0 saturated heterocycles. The van der Waals surface area contributed by atoms with E-state index >= 15 is 0 Å². The molecule has 0 fully saturated rings. The van der Waals surface area contributed by atoms with Crippen LogP contribution in [-0.4, -0.2) is 16.0 Å². The molecule has 1 radical (unpaired) electrons. The third kappa shape index (κ3) is 6.46. The second-order valence-electron chi connectivity index (χ2n) is 2.59. The van der Waals surface area contributed by atoms with Gasteiger partial charge in [0.1, 0.15) is 0 Å². The van der Waals surface area contributed by atoms with Crippen LogP contribution in [0.2, 0.25) is 0 Å². The minimum absolute atomic E-state index is 0.0417. The summed E-state index contributed by atoms with van der Waals surface area (Å²) in [5.41, 5.74) is 1.36. The average molecular weight is 303 g/mol. The van der Waals surface area contributed by atoms with Crippen molar-refractivity contribution in [1.82, 2.24) is 0 Å². The standard InChI is InChI=1S/C9H11.2BrH.Mg/c1-8(2)9-6-4-3-5-7-9;;;/h3-4,6-8H,1-2H3;2*1H;/q;;;+2/p-2. The van der Waals surface area contributed by atoms with Crippen molar-refractivity contribution in [3.63, 3.8) is 0 Å². The van der Waals surface area contributed by atoms with Crippen LogP contribution in [0, 0.1) is 6.07 Å². The number of benzene rings is 1. The number of halogens is 2. The molecular weight excluding hydrogens is 292 g/mol. The molecule has 3 heteroatoms. The van der Waals surface area contributed by atoms with E-state index in [2.05, 4.69) is 51.7 Å². The second-order valence-corrected chi connectivity index (χ2v) is 10.7. The van der Waals surface area contributed by atoms with Crippen molar-refractivity contribution in [3.05, 3.63) is 35.9 Å². The maximum atomic E-state index is 3.20. The van der Waals surface area contributed by atoms with Gasteiger partial charge in [-0.2, -0.15) is 0 Å². The Bertz CT molecular complexity index is 187. The third-order valence-electron chi connectivity index (χ3n) is 1.40. The van der Waals surface area contributed by atoms with Gasteiger partial charge in [-0.15, -0.1) is 0 Å². The lowest BCUT2D eigenvalue weighted by atomic mass is 10.0. The van der Waals surface area contributed by atoms with E-state index in [9.17, 15) is 0 Å². The van der Waals surface area contributed by atoms with E-state index in [1.165, 1.54) is 5.56 Å². The maximum Gasteiger partial charge on any atom is 0.560 e. The molecule has 0 unspecified atom stereocenters. The molecule has 0 spiro atoms. The van der Waals surface area contributed by atoms with Crippen LogP contribution >= 0.6 is 25.8 Å². The van der Waals surface area contributed by atoms with Gasteiger partial charge in [0.25, 0.3) is 0 Å². The Balaban J connectivity index is 0.000000354. The lowest BCUT2D eigenvalue weighted by molar-refractivity contribution is 0.866. The summed E-state index contributed by atoms with van der Waals surface area (Å²) in [4.78, 5) is 0. The Morgan fingerprint density at radius 3 is 2.25 bits per heavy atom. The van der Waals surface area contributed by atoms with Crippen LogP contribution in [0.1, 0.15) is 25.3 Å². The molecule has 0 atom stereocenters. The number of hydrogen-bond donors (Lipinski definition) is 0. The van der Waals surface area contributed by atoms with Crippen molar-refractivity contribution in [1.29, 1.82) is 0 Å². The van der Waals surface area contributed by atoms with E-state index in [1.807, 2.05) is 18.2 Å². The van der Waals surface area contributed by atoms with E-state index in [-0.39, 0.29) is 16.0 Å². The zero-order chi connectivity index (χ0) is 9.40. The Kier molecular flexibility index (Phi) is 9.21. The van der Waals surface area contributed by atoms with Crippen LogP contribution in [0.4, 0.5) is 0 Å². The Morgan fingerprint density at radius 2 is 2.00 bits per heavy atom. The third-order valence-corrected chi connectivity index (χ3v) is 1.40. The molecule has 1 aromatic rings. The van der Waals surface area contributed by atoms with Gasteiger partial charge in [0, 0.05) is 0 Å². The van der Waals surface area contributed by atoms with Crippen molar-refractivity contribution in [3.8, 4) is 0 Å². The van der Waals surface area contributed by atoms with Crippen molar-refractivity contribution in [2.75, 3.05) is 0 Å². The number of rotatable bonds is 1. The fourth-order valence-electron chi connectivity index (χ4n) is 0.766. The van der Waals surface area contributed by atoms with Gasteiger partial charge in [0.15, 0.2) is 0 Å². The van der Waals surface area contributed by atoms with Gasteiger partial charge in [0.2, 0.25) is 0 Å². The van der Waals surface area contributed by atoms with Gasteiger partial charge in [-0.1, -0.05) is 38.1 Å². The summed E-state index contributed by atoms with van der Waals surface area (Å²) in [6.07, 6.45) is 0. The molecule has 0 bridgehead atoms. The fourth-order valence-corrected chi connectivity index (χ4v) is 0.766. The molecule has 1 aromatic carbocycles. The molecule has 0 N–H and O–H groups in total. The van der Waals surface area contributed by atoms with E-state index in [4.69, 9.17) is 0 Å². The first kappa shape index (κ1) is 12.9. The van der Waals surface area contributed by atoms with Crippen LogP contribution in [-0.2, 0) is 0 Å². The molecular formula is C9H11Br2Mg. The van der Waals surface area contributed by atoms with E-state index in [1.54, 1.807) is 0 Å². The second kappa shape index (κ2) is 8.54. The normalized spacial score (nSPS) is 8.42. The van der Waals surface area contributed by atoms with Crippen molar-refractivity contribution in [2.45, 2.75) is 19.8 Å². The highest BCUT2D eigenvalue weighted by atomic mass is 79.9. The number of hydrogen-bond acceptors (Lipinski definition) is 0. The highest BCUT2D eigenvalue weighted by Gasteiger charge is 1.93. The van der Waals surface area contributed by atoms with Gasteiger partial charge >= 0.3 is 16.0 Å². The Hall–Kier alpha value is 0.946. The van der Waals surface area contributed by atoms with Crippen LogP contribution < -0.4 is 0 Å². The first-order valence-corrected chi connectivity index (χ1v) is 11.6.